The van der Waals surface area contributed by atoms with E-state index in [0.29, 0.717) is 13.1 Å². The minimum absolute atomic E-state index is 0.0366. The summed E-state index contributed by atoms with van der Waals surface area (Å²) in [4.78, 5) is 17.2. The fourth-order valence-corrected chi connectivity index (χ4v) is 4.03. The molecule has 2 aromatic carbocycles. The molecule has 0 bridgehead atoms. The largest absolute Gasteiger partial charge is 0.312 e. The Morgan fingerprint density at radius 3 is 2.34 bits per heavy atom. The van der Waals surface area contributed by atoms with Gasteiger partial charge in [0.1, 0.15) is 5.82 Å². The van der Waals surface area contributed by atoms with Gasteiger partial charge in [0, 0.05) is 36.8 Å². The van der Waals surface area contributed by atoms with E-state index in [4.69, 9.17) is 0 Å². The molecular formula is C25H33FN2O. The second-order valence-electron chi connectivity index (χ2n) is 8.34. The normalized spacial score (nSPS) is 16.8. The quantitative estimate of drug-likeness (QED) is 0.656. The standard InChI is InChI=1S/C25H33FN2O/c1-20(2)25(29)28-17-11-5-3-4-10-16-27(18-21-12-6-8-14-23(21)26)19-22-13-7-9-15-24(22)28/h6-9,12-15,20H,3-5,10-11,16-19H2,1-2H3. The summed E-state index contributed by atoms with van der Waals surface area (Å²) in [6.07, 6.45) is 5.64. The second kappa shape index (κ2) is 10.5. The van der Waals surface area contributed by atoms with E-state index in [1.54, 1.807) is 6.07 Å². The number of rotatable bonds is 3. The van der Waals surface area contributed by atoms with Crippen molar-refractivity contribution < 1.29 is 9.18 Å². The van der Waals surface area contributed by atoms with E-state index in [1.807, 2.05) is 43.0 Å². The Bertz CT molecular complexity index is 805. The molecule has 1 aliphatic heterocycles. The Morgan fingerprint density at radius 2 is 1.59 bits per heavy atom. The lowest BCUT2D eigenvalue weighted by molar-refractivity contribution is -0.121. The highest BCUT2D eigenvalue weighted by Gasteiger charge is 2.22. The first-order chi connectivity index (χ1) is 14.1. The van der Waals surface area contributed by atoms with Crippen molar-refractivity contribution in [3.63, 3.8) is 0 Å². The van der Waals surface area contributed by atoms with Crippen LogP contribution < -0.4 is 4.90 Å². The van der Waals surface area contributed by atoms with E-state index in [9.17, 15) is 9.18 Å². The topological polar surface area (TPSA) is 23.6 Å². The summed E-state index contributed by atoms with van der Waals surface area (Å²) in [7, 11) is 0. The van der Waals surface area contributed by atoms with Gasteiger partial charge in [-0.25, -0.2) is 4.39 Å². The zero-order valence-electron chi connectivity index (χ0n) is 17.7. The van der Waals surface area contributed by atoms with Crippen molar-refractivity contribution in [3.8, 4) is 0 Å². The monoisotopic (exact) mass is 396 g/mol. The lowest BCUT2D eigenvalue weighted by atomic mass is 10.0. The number of carbonyl (C=O) groups excluding carboxylic acids is 1. The van der Waals surface area contributed by atoms with Gasteiger partial charge in [-0.1, -0.05) is 69.5 Å². The molecule has 156 valence electrons. The zero-order chi connectivity index (χ0) is 20.6. The Hall–Kier alpha value is -2.20. The third-order valence-corrected chi connectivity index (χ3v) is 5.64. The molecule has 29 heavy (non-hydrogen) atoms. The van der Waals surface area contributed by atoms with Crippen LogP contribution in [-0.4, -0.2) is 23.9 Å². The number of fused-ring (bicyclic) bond motifs is 1. The number of halogens is 1. The molecule has 1 aliphatic rings. The minimum Gasteiger partial charge on any atom is -0.312 e. The molecule has 0 fully saturated rings. The smallest absolute Gasteiger partial charge is 0.229 e. The second-order valence-corrected chi connectivity index (χ2v) is 8.34. The van der Waals surface area contributed by atoms with Crippen LogP contribution in [0.5, 0.6) is 0 Å². The van der Waals surface area contributed by atoms with Crippen LogP contribution in [0.1, 0.15) is 57.1 Å². The number of carbonyl (C=O) groups is 1. The summed E-state index contributed by atoms with van der Waals surface area (Å²) in [5.41, 5.74) is 2.87. The first-order valence-corrected chi connectivity index (χ1v) is 10.9. The molecule has 2 aromatic rings. The number of hydrogen-bond acceptors (Lipinski definition) is 2. The molecule has 0 unspecified atom stereocenters. The number of amides is 1. The first-order valence-electron chi connectivity index (χ1n) is 10.9. The Kier molecular flexibility index (Phi) is 7.82. The van der Waals surface area contributed by atoms with Gasteiger partial charge in [0.05, 0.1) is 0 Å². The van der Waals surface area contributed by atoms with E-state index < -0.39 is 0 Å². The van der Waals surface area contributed by atoms with Crippen LogP contribution >= 0.6 is 0 Å². The zero-order valence-corrected chi connectivity index (χ0v) is 17.7. The van der Waals surface area contributed by atoms with Crippen molar-refractivity contribution in [2.75, 3.05) is 18.0 Å². The fraction of sp³-hybridized carbons (Fsp3) is 0.480. The van der Waals surface area contributed by atoms with Crippen molar-refractivity contribution in [1.29, 1.82) is 0 Å². The third kappa shape index (κ3) is 5.89. The van der Waals surface area contributed by atoms with Crippen molar-refractivity contribution in [2.45, 2.75) is 59.0 Å². The van der Waals surface area contributed by atoms with Gasteiger partial charge >= 0.3 is 0 Å². The maximum absolute atomic E-state index is 14.3. The van der Waals surface area contributed by atoms with Crippen molar-refractivity contribution in [2.24, 2.45) is 5.92 Å². The van der Waals surface area contributed by atoms with Gasteiger partial charge in [-0.2, -0.15) is 0 Å². The predicted molar refractivity (Wildman–Crippen MR) is 117 cm³/mol. The average molecular weight is 397 g/mol. The van der Waals surface area contributed by atoms with E-state index >= 15 is 0 Å². The molecule has 3 rings (SSSR count). The summed E-state index contributed by atoms with van der Waals surface area (Å²) in [5, 5.41) is 0. The predicted octanol–water partition coefficient (Wildman–Crippen LogP) is 5.78. The molecule has 0 N–H and O–H groups in total. The Labute approximate surface area is 174 Å². The highest BCUT2D eigenvalue weighted by molar-refractivity contribution is 5.95. The van der Waals surface area contributed by atoms with Crippen molar-refractivity contribution in [1.82, 2.24) is 4.90 Å². The van der Waals surface area contributed by atoms with Crippen LogP contribution in [0.25, 0.3) is 0 Å². The Balaban J connectivity index is 1.91. The summed E-state index contributed by atoms with van der Waals surface area (Å²) >= 11 is 0. The average Bonchev–Trinajstić information content (AvgIpc) is 2.70. The van der Waals surface area contributed by atoms with Crippen LogP contribution in [0.4, 0.5) is 10.1 Å². The van der Waals surface area contributed by atoms with Gasteiger partial charge in [-0.3, -0.25) is 9.69 Å². The summed E-state index contributed by atoms with van der Waals surface area (Å²) < 4.78 is 14.3. The minimum atomic E-state index is -0.150. The highest BCUT2D eigenvalue weighted by Crippen LogP contribution is 2.26. The molecule has 0 spiro atoms. The number of benzene rings is 2. The number of nitrogens with zero attached hydrogens (tertiary/aromatic N) is 2. The van der Waals surface area contributed by atoms with Gasteiger partial charge < -0.3 is 4.90 Å². The number of hydrogen-bond donors (Lipinski definition) is 0. The molecule has 0 saturated carbocycles. The molecule has 4 heteroatoms. The van der Waals surface area contributed by atoms with Crippen LogP contribution in [-0.2, 0) is 17.9 Å². The molecule has 1 heterocycles. The third-order valence-electron chi connectivity index (χ3n) is 5.64. The lowest BCUT2D eigenvalue weighted by Crippen LogP contribution is -2.36. The molecule has 0 aliphatic carbocycles. The maximum atomic E-state index is 14.3. The van der Waals surface area contributed by atoms with Gasteiger partial charge in [0.25, 0.3) is 0 Å². The van der Waals surface area contributed by atoms with Crippen LogP contribution in [0.3, 0.4) is 0 Å². The van der Waals surface area contributed by atoms with Crippen molar-refractivity contribution in [3.05, 3.63) is 65.5 Å². The lowest BCUT2D eigenvalue weighted by Gasteiger charge is -2.30. The van der Waals surface area contributed by atoms with E-state index in [0.717, 1.165) is 49.2 Å². The molecule has 0 radical (unpaired) electrons. The van der Waals surface area contributed by atoms with Gasteiger partial charge in [-0.05, 0) is 37.1 Å². The van der Waals surface area contributed by atoms with Gasteiger partial charge in [0.2, 0.25) is 5.91 Å². The molecular weight excluding hydrogens is 363 g/mol. The summed E-state index contributed by atoms with van der Waals surface area (Å²) in [5.74, 6) is -0.0100. The molecule has 3 nitrogen and oxygen atoms in total. The first kappa shape index (κ1) is 21.5. The maximum Gasteiger partial charge on any atom is 0.229 e. The van der Waals surface area contributed by atoms with Crippen LogP contribution in [0.2, 0.25) is 0 Å². The van der Waals surface area contributed by atoms with E-state index in [-0.39, 0.29) is 17.6 Å². The number of anilines is 1. The molecule has 1 amide bonds. The van der Waals surface area contributed by atoms with Crippen LogP contribution in [0, 0.1) is 11.7 Å². The fourth-order valence-electron chi connectivity index (χ4n) is 4.03. The highest BCUT2D eigenvalue weighted by atomic mass is 19.1. The molecule has 0 saturated heterocycles. The van der Waals surface area contributed by atoms with Crippen molar-refractivity contribution >= 4 is 11.6 Å². The molecule has 0 aromatic heterocycles. The Morgan fingerprint density at radius 1 is 0.931 bits per heavy atom. The molecule has 0 atom stereocenters. The summed E-state index contributed by atoms with van der Waals surface area (Å²) in [6, 6.07) is 15.2. The van der Waals surface area contributed by atoms with E-state index in [2.05, 4.69) is 17.0 Å². The SMILES string of the molecule is CC(C)C(=O)N1CCCCCCCN(Cc2ccccc2F)Cc2ccccc21. The van der Waals surface area contributed by atoms with Gasteiger partial charge in [-0.15, -0.1) is 0 Å². The number of para-hydroxylation sites is 1. The van der Waals surface area contributed by atoms with Gasteiger partial charge in [0.15, 0.2) is 0 Å². The van der Waals surface area contributed by atoms with E-state index in [1.165, 1.54) is 18.9 Å². The summed E-state index contributed by atoms with van der Waals surface area (Å²) in [6.45, 7) is 6.92. The van der Waals surface area contributed by atoms with Crippen LogP contribution in [0.15, 0.2) is 48.5 Å².